The average Bonchev–Trinajstić information content (AvgIpc) is 2.78. The number of nitrogens with zero attached hydrogens (tertiary/aromatic N) is 3. The number of thiazole rings is 1. The van der Waals surface area contributed by atoms with E-state index >= 15 is 0 Å². The molecular weight excluding hydrogens is 270 g/mol. The maximum absolute atomic E-state index is 9.13. The molecule has 0 saturated carbocycles. The van der Waals surface area contributed by atoms with Gasteiger partial charge in [-0.25, -0.2) is 4.98 Å². The summed E-state index contributed by atoms with van der Waals surface area (Å²) < 4.78 is 0. The van der Waals surface area contributed by atoms with Crippen LogP contribution in [0.2, 0.25) is 5.15 Å². The second-order valence-corrected chi connectivity index (χ2v) is 5.12. The second-order valence-electron chi connectivity index (χ2n) is 3.70. The normalized spacial score (nSPS) is 10.6. The largest absolute Gasteiger partial charge is 0.391 e. The second kappa shape index (κ2) is 6.13. The van der Waals surface area contributed by atoms with Crippen LogP contribution in [0.1, 0.15) is 17.5 Å². The number of aliphatic hydroxyl groups is 1. The van der Waals surface area contributed by atoms with Crippen LogP contribution in [0.15, 0.2) is 24.4 Å². The lowest BCUT2D eigenvalue weighted by Crippen LogP contribution is -2.22. The van der Waals surface area contributed by atoms with E-state index in [4.69, 9.17) is 16.7 Å². The highest BCUT2D eigenvalue weighted by molar-refractivity contribution is 7.16. The molecule has 0 aliphatic rings. The van der Waals surface area contributed by atoms with Gasteiger partial charge in [0.05, 0.1) is 23.7 Å². The van der Waals surface area contributed by atoms with Gasteiger partial charge in [0.25, 0.3) is 0 Å². The summed E-state index contributed by atoms with van der Waals surface area (Å²) in [6.07, 6.45) is 1.77. The fourth-order valence-electron chi connectivity index (χ4n) is 1.56. The van der Waals surface area contributed by atoms with Crippen molar-refractivity contribution in [3.05, 3.63) is 40.1 Å². The Morgan fingerprint density at radius 2 is 2.28 bits per heavy atom. The zero-order valence-electron chi connectivity index (χ0n) is 10.0. The first-order valence-electron chi connectivity index (χ1n) is 5.65. The summed E-state index contributed by atoms with van der Waals surface area (Å²) in [5.74, 6) is 0. The first-order chi connectivity index (χ1) is 8.74. The van der Waals surface area contributed by atoms with Crippen molar-refractivity contribution in [3.8, 4) is 0 Å². The molecule has 0 aliphatic carbocycles. The highest BCUT2D eigenvalue weighted by Crippen LogP contribution is 2.30. The molecule has 0 saturated heterocycles. The predicted molar refractivity (Wildman–Crippen MR) is 74.0 cm³/mol. The Kier molecular flexibility index (Phi) is 4.52. The molecule has 0 spiro atoms. The van der Waals surface area contributed by atoms with Gasteiger partial charge in [0.1, 0.15) is 5.15 Å². The molecule has 0 bridgehead atoms. The maximum Gasteiger partial charge on any atom is 0.187 e. The van der Waals surface area contributed by atoms with E-state index in [1.807, 2.05) is 18.2 Å². The molecule has 2 heterocycles. The van der Waals surface area contributed by atoms with E-state index in [9.17, 15) is 0 Å². The highest BCUT2D eigenvalue weighted by Gasteiger charge is 2.14. The van der Waals surface area contributed by atoms with Crippen LogP contribution in [-0.4, -0.2) is 21.6 Å². The summed E-state index contributed by atoms with van der Waals surface area (Å²) in [5, 5.41) is 10.3. The smallest absolute Gasteiger partial charge is 0.187 e. The van der Waals surface area contributed by atoms with Crippen molar-refractivity contribution < 1.29 is 5.11 Å². The maximum atomic E-state index is 9.13. The molecule has 0 fully saturated rings. The van der Waals surface area contributed by atoms with Gasteiger partial charge in [-0.15, -0.1) is 0 Å². The first kappa shape index (κ1) is 13.3. The van der Waals surface area contributed by atoms with Crippen LogP contribution in [0.25, 0.3) is 0 Å². The number of hydrogen-bond donors (Lipinski definition) is 1. The van der Waals surface area contributed by atoms with Crippen LogP contribution < -0.4 is 4.90 Å². The van der Waals surface area contributed by atoms with Gasteiger partial charge in [0.15, 0.2) is 5.13 Å². The van der Waals surface area contributed by atoms with E-state index < -0.39 is 0 Å². The molecule has 96 valence electrons. The lowest BCUT2D eigenvalue weighted by atomic mass is 10.3. The quantitative estimate of drug-likeness (QED) is 0.917. The van der Waals surface area contributed by atoms with Gasteiger partial charge < -0.3 is 10.0 Å². The van der Waals surface area contributed by atoms with Crippen LogP contribution in [-0.2, 0) is 13.2 Å². The number of aliphatic hydroxyl groups excluding tert-OH is 1. The summed E-state index contributed by atoms with van der Waals surface area (Å²) in [6, 6.07) is 5.83. The van der Waals surface area contributed by atoms with Gasteiger partial charge in [-0.3, -0.25) is 4.98 Å². The minimum absolute atomic E-state index is 0.0718. The zero-order valence-corrected chi connectivity index (χ0v) is 11.6. The summed E-state index contributed by atoms with van der Waals surface area (Å²) in [5.41, 5.74) is 0.983. The monoisotopic (exact) mass is 283 g/mol. The molecule has 0 aliphatic heterocycles. The van der Waals surface area contributed by atoms with E-state index in [-0.39, 0.29) is 6.61 Å². The van der Waals surface area contributed by atoms with E-state index in [2.05, 4.69) is 21.8 Å². The van der Waals surface area contributed by atoms with Crippen molar-refractivity contribution in [1.82, 2.24) is 9.97 Å². The van der Waals surface area contributed by atoms with Crippen molar-refractivity contribution >= 4 is 28.1 Å². The van der Waals surface area contributed by atoms with Crippen molar-refractivity contribution in [3.63, 3.8) is 0 Å². The van der Waals surface area contributed by atoms with Crippen LogP contribution in [0.3, 0.4) is 0 Å². The van der Waals surface area contributed by atoms with Crippen molar-refractivity contribution in [2.45, 2.75) is 20.1 Å². The van der Waals surface area contributed by atoms with E-state index in [1.54, 1.807) is 6.20 Å². The lowest BCUT2D eigenvalue weighted by Gasteiger charge is -2.18. The molecule has 4 nitrogen and oxygen atoms in total. The number of halogens is 1. The van der Waals surface area contributed by atoms with Crippen molar-refractivity contribution in [2.75, 3.05) is 11.4 Å². The van der Waals surface area contributed by atoms with E-state index in [0.29, 0.717) is 16.6 Å². The van der Waals surface area contributed by atoms with Crippen LogP contribution in [0, 0.1) is 0 Å². The summed E-state index contributed by atoms with van der Waals surface area (Å²) >= 11 is 7.36. The number of hydrogen-bond acceptors (Lipinski definition) is 5. The third kappa shape index (κ3) is 2.98. The number of pyridine rings is 1. The Morgan fingerprint density at radius 1 is 1.44 bits per heavy atom. The summed E-state index contributed by atoms with van der Waals surface area (Å²) in [7, 11) is 0. The Bertz CT molecular complexity index is 503. The Hall–Kier alpha value is -1.17. The summed E-state index contributed by atoms with van der Waals surface area (Å²) in [6.45, 7) is 3.48. The molecular formula is C12H14ClN3OS. The molecule has 0 atom stereocenters. The summed E-state index contributed by atoms with van der Waals surface area (Å²) in [4.78, 5) is 11.3. The first-order valence-corrected chi connectivity index (χ1v) is 6.85. The van der Waals surface area contributed by atoms with Gasteiger partial charge in [-0.05, 0) is 19.1 Å². The number of rotatable bonds is 5. The van der Waals surface area contributed by atoms with E-state index in [0.717, 1.165) is 17.4 Å². The fraction of sp³-hybridized carbons (Fsp3) is 0.333. The van der Waals surface area contributed by atoms with Gasteiger partial charge in [0.2, 0.25) is 0 Å². The lowest BCUT2D eigenvalue weighted by molar-refractivity contribution is 0.285. The SMILES string of the molecule is CCN(Cc1ccccn1)c1nc(Cl)c(CO)s1. The van der Waals surface area contributed by atoms with Crippen molar-refractivity contribution in [2.24, 2.45) is 0 Å². The topological polar surface area (TPSA) is 49.2 Å². The Balaban J connectivity index is 2.17. The molecule has 2 aromatic rings. The highest BCUT2D eigenvalue weighted by atomic mass is 35.5. The van der Waals surface area contributed by atoms with Gasteiger partial charge in [0, 0.05) is 12.7 Å². The molecule has 6 heteroatoms. The molecule has 1 N–H and O–H groups in total. The Morgan fingerprint density at radius 3 is 2.83 bits per heavy atom. The van der Waals surface area contributed by atoms with Gasteiger partial charge in [-0.2, -0.15) is 0 Å². The molecule has 18 heavy (non-hydrogen) atoms. The van der Waals surface area contributed by atoms with Crippen LogP contribution >= 0.6 is 22.9 Å². The predicted octanol–water partition coefficient (Wildman–Crippen LogP) is 2.71. The fourth-order valence-corrected chi connectivity index (χ4v) is 2.74. The minimum Gasteiger partial charge on any atom is -0.391 e. The molecule has 0 unspecified atom stereocenters. The van der Waals surface area contributed by atoms with Crippen molar-refractivity contribution in [1.29, 1.82) is 0 Å². The number of aromatic nitrogens is 2. The average molecular weight is 284 g/mol. The molecule has 0 amide bonds. The third-order valence-electron chi connectivity index (χ3n) is 2.51. The molecule has 2 aromatic heterocycles. The van der Waals surface area contributed by atoms with Crippen LogP contribution in [0.5, 0.6) is 0 Å². The minimum atomic E-state index is -0.0718. The van der Waals surface area contributed by atoms with E-state index in [1.165, 1.54) is 11.3 Å². The third-order valence-corrected chi connectivity index (χ3v) is 4.04. The standard InChI is InChI=1S/C12H14ClN3OS/c1-2-16(7-9-5-3-4-6-14-9)12-15-11(13)10(8-17)18-12/h3-6,17H,2,7-8H2,1H3. The zero-order chi connectivity index (χ0) is 13.0. The van der Waals surface area contributed by atoms with Gasteiger partial charge >= 0.3 is 0 Å². The molecule has 0 radical (unpaired) electrons. The molecule has 2 rings (SSSR count). The molecule has 0 aromatic carbocycles. The van der Waals surface area contributed by atoms with Crippen LogP contribution in [0.4, 0.5) is 5.13 Å². The number of anilines is 1. The Labute approximate surface area is 115 Å². The van der Waals surface area contributed by atoms with Gasteiger partial charge in [-0.1, -0.05) is 29.0 Å².